The molecule has 1 saturated carbocycles. The fourth-order valence-electron chi connectivity index (χ4n) is 8.19. The van der Waals surface area contributed by atoms with Crippen molar-refractivity contribution in [2.75, 3.05) is 33.0 Å². The van der Waals surface area contributed by atoms with Crippen LogP contribution in [-0.2, 0) is 16.8 Å². The van der Waals surface area contributed by atoms with Gasteiger partial charge in [-0.05, 0) is 54.7 Å². The molecular formula is C31H39N3O3. The minimum Gasteiger partial charge on any atom is -0.454 e. The predicted molar refractivity (Wildman–Crippen MR) is 143 cm³/mol. The zero-order chi connectivity index (χ0) is 24.8. The molecule has 0 aromatic heterocycles. The van der Waals surface area contributed by atoms with Gasteiger partial charge in [-0.2, -0.15) is 0 Å². The van der Waals surface area contributed by atoms with E-state index in [1.54, 1.807) is 0 Å². The van der Waals surface area contributed by atoms with Crippen LogP contribution < -0.4 is 20.1 Å². The number of hydrogen-bond acceptors (Lipinski definition) is 5. The van der Waals surface area contributed by atoms with Crippen molar-refractivity contribution in [1.29, 1.82) is 0 Å². The third-order valence-corrected chi connectivity index (χ3v) is 10.1. The third kappa shape index (κ3) is 3.95. The summed E-state index contributed by atoms with van der Waals surface area (Å²) in [5.41, 5.74) is 3.64. The molecule has 196 valence electrons. The Morgan fingerprint density at radius 1 is 0.946 bits per heavy atom. The highest BCUT2D eigenvalue weighted by Gasteiger charge is 2.53. The first-order chi connectivity index (χ1) is 18.2. The quantitative estimate of drug-likeness (QED) is 0.656. The van der Waals surface area contributed by atoms with Gasteiger partial charge < -0.3 is 25.0 Å². The summed E-state index contributed by atoms with van der Waals surface area (Å²) in [5, 5.41) is 7.28. The van der Waals surface area contributed by atoms with Gasteiger partial charge in [0, 0.05) is 49.7 Å². The van der Waals surface area contributed by atoms with Crippen LogP contribution in [-0.4, -0.2) is 49.8 Å². The summed E-state index contributed by atoms with van der Waals surface area (Å²) in [7, 11) is 0. The smallest absolute Gasteiger partial charge is 0.231 e. The maximum Gasteiger partial charge on any atom is 0.231 e. The van der Waals surface area contributed by atoms with Crippen LogP contribution in [0.25, 0.3) is 0 Å². The van der Waals surface area contributed by atoms with Gasteiger partial charge in [-0.1, -0.05) is 55.7 Å². The average molecular weight is 502 g/mol. The molecule has 1 spiro atoms. The second-order valence-corrected chi connectivity index (χ2v) is 11.9. The minimum absolute atomic E-state index is 0.0706. The molecule has 4 heterocycles. The lowest BCUT2D eigenvalue weighted by Crippen LogP contribution is -2.57. The first kappa shape index (κ1) is 23.5. The monoisotopic (exact) mass is 501 g/mol. The summed E-state index contributed by atoms with van der Waals surface area (Å²) in [4.78, 5) is 17.0. The number of ether oxygens (including phenoxy) is 2. The molecule has 1 aliphatic carbocycles. The van der Waals surface area contributed by atoms with Crippen LogP contribution in [0.5, 0.6) is 11.5 Å². The Balaban J connectivity index is 1.20. The number of benzene rings is 2. The van der Waals surface area contributed by atoms with E-state index in [-0.39, 0.29) is 18.1 Å². The maximum atomic E-state index is 14.6. The largest absolute Gasteiger partial charge is 0.454 e. The molecule has 2 aromatic rings. The van der Waals surface area contributed by atoms with E-state index in [0.29, 0.717) is 23.8 Å². The normalized spacial score (nSPS) is 31.5. The molecule has 6 nitrogen and oxygen atoms in total. The number of rotatable bonds is 3. The van der Waals surface area contributed by atoms with Gasteiger partial charge in [-0.25, -0.2) is 0 Å². The summed E-state index contributed by atoms with van der Waals surface area (Å²) >= 11 is 0. The lowest BCUT2D eigenvalue weighted by Gasteiger charge is -2.48. The number of carbonyl (C=O) groups is 1. The summed E-state index contributed by atoms with van der Waals surface area (Å²) in [6.45, 7) is 4.28. The van der Waals surface area contributed by atoms with Crippen LogP contribution in [0.3, 0.4) is 0 Å². The Labute approximate surface area is 220 Å². The first-order valence-corrected chi connectivity index (χ1v) is 14.4. The Bertz CT molecular complexity index is 1150. The zero-order valence-electron chi connectivity index (χ0n) is 21.7. The third-order valence-electron chi connectivity index (χ3n) is 10.1. The van der Waals surface area contributed by atoms with Crippen molar-refractivity contribution in [3.63, 3.8) is 0 Å². The Hall–Kier alpha value is -2.57. The van der Waals surface area contributed by atoms with E-state index in [1.807, 2.05) is 6.07 Å². The van der Waals surface area contributed by atoms with Crippen molar-refractivity contribution in [2.24, 2.45) is 11.8 Å². The molecule has 37 heavy (non-hydrogen) atoms. The van der Waals surface area contributed by atoms with Crippen LogP contribution >= 0.6 is 0 Å². The summed E-state index contributed by atoms with van der Waals surface area (Å²) in [6.07, 6.45) is 8.63. The number of fused-ring (bicyclic) bond motifs is 4. The van der Waals surface area contributed by atoms with Gasteiger partial charge in [0.15, 0.2) is 11.5 Å². The van der Waals surface area contributed by atoms with Gasteiger partial charge in [-0.15, -0.1) is 0 Å². The molecule has 3 fully saturated rings. The van der Waals surface area contributed by atoms with Crippen LogP contribution in [0.1, 0.15) is 67.6 Å². The van der Waals surface area contributed by atoms with Crippen molar-refractivity contribution in [1.82, 2.24) is 15.5 Å². The maximum absolute atomic E-state index is 14.6. The van der Waals surface area contributed by atoms with E-state index < -0.39 is 0 Å². The Morgan fingerprint density at radius 3 is 2.65 bits per heavy atom. The summed E-state index contributed by atoms with van der Waals surface area (Å²) < 4.78 is 11.6. The number of nitrogens with one attached hydrogen (secondary N) is 2. The Kier molecular flexibility index (Phi) is 6.13. The van der Waals surface area contributed by atoms with Gasteiger partial charge in [0.1, 0.15) is 0 Å². The molecule has 6 heteroatoms. The predicted octanol–water partition coefficient (Wildman–Crippen LogP) is 4.33. The zero-order valence-corrected chi connectivity index (χ0v) is 21.7. The standard InChI is InChI=1S/C31H39N3O3/c35-30(26-17-33-19-31(26)18-32-16-24-25(31)11-12-28-29(24)37-20-36-28)34-14-13-23(21-7-3-1-4-8-21)15-27(34)22-9-5-2-6-10-22/h1,3-4,7-8,11-12,22-23,26-27,32-33H,2,5-6,9-10,13-20H2/t23-,26?,27+,31+/m1/s1. The van der Waals surface area contributed by atoms with E-state index >= 15 is 0 Å². The van der Waals surface area contributed by atoms with Crippen LogP contribution in [0.4, 0.5) is 0 Å². The molecular weight excluding hydrogens is 462 g/mol. The van der Waals surface area contributed by atoms with Crippen molar-refractivity contribution < 1.29 is 14.3 Å². The highest BCUT2D eigenvalue weighted by molar-refractivity contribution is 5.83. The summed E-state index contributed by atoms with van der Waals surface area (Å²) in [5.74, 6) is 3.15. The first-order valence-electron chi connectivity index (χ1n) is 14.4. The number of hydrogen-bond donors (Lipinski definition) is 2. The number of likely N-dealkylation sites (tertiary alicyclic amines) is 1. The number of amides is 1. The van der Waals surface area contributed by atoms with Crippen molar-refractivity contribution in [3.8, 4) is 11.5 Å². The SMILES string of the molecule is O=C(C1CNC[C@]12CNCc1c2ccc2c1OCO2)N1CC[C@@H](c2ccccc2)C[C@H]1C1CCCCC1. The molecule has 2 aromatic carbocycles. The van der Waals surface area contributed by atoms with Gasteiger partial charge in [-0.3, -0.25) is 4.79 Å². The molecule has 5 aliphatic rings. The highest BCUT2D eigenvalue weighted by atomic mass is 16.7. The highest BCUT2D eigenvalue weighted by Crippen LogP contribution is 2.48. The van der Waals surface area contributed by atoms with Crippen molar-refractivity contribution >= 4 is 5.91 Å². The molecule has 7 rings (SSSR count). The molecule has 4 aliphatic heterocycles. The second-order valence-electron chi connectivity index (χ2n) is 11.9. The Morgan fingerprint density at radius 2 is 1.78 bits per heavy atom. The lowest BCUT2D eigenvalue weighted by atomic mass is 9.67. The van der Waals surface area contributed by atoms with Crippen LogP contribution in [0.15, 0.2) is 42.5 Å². The fraction of sp³-hybridized carbons (Fsp3) is 0.581. The van der Waals surface area contributed by atoms with Gasteiger partial charge in [0.2, 0.25) is 12.7 Å². The van der Waals surface area contributed by atoms with Crippen LogP contribution in [0, 0.1) is 11.8 Å². The fourth-order valence-corrected chi connectivity index (χ4v) is 8.19. The van der Waals surface area contributed by atoms with Gasteiger partial charge >= 0.3 is 0 Å². The van der Waals surface area contributed by atoms with E-state index in [1.165, 1.54) is 48.8 Å². The molecule has 4 atom stereocenters. The van der Waals surface area contributed by atoms with Gasteiger partial charge in [0.25, 0.3) is 0 Å². The molecule has 1 amide bonds. The number of nitrogens with zero attached hydrogens (tertiary/aromatic N) is 1. The van der Waals surface area contributed by atoms with Gasteiger partial charge in [0.05, 0.1) is 5.92 Å². The number of piperidine rings is 1. The van der Waals surface area contributed by atoms with E-state index in [9.17, 15) is 4.79 Å². The van der Waals surface area contributed by atoms with Crippen molar-refractivity contribution in [2.45, 2.75) is 68.9 Å². The second kappa shape index (κ2) is 9.63. The lowest BCUT2D eigenvalue weighted by molar-refractivity contribution is -0.142. The molecule has 2 N–H and O–H groups in total. The molecule has 2 saturated heterocycles. The minimum atomic E-state index is -0.251. The average Bonchev–Trinajstić information content (AvgIpc) is 3.62. The number of carbonyl (C=O) groups excluding carboxylic acids is 1. The van der Waals surface area contributed by atoms with Crippen LogP contribution in [0.2, 0.25) is 0 Å². The molecule has 1 unspecified atom stereocenters. The van der Waals surface area contributed by atoms with E-state index in [4.69, 9.17) is 9.47 Å². The van der Waals surface area contributed by atoms with Crippen molar-refractivity contribution in [3.05, 3.63) is 59.2 Å². The molecule has 0 bridgehead atoms. The van der Waals surface area contributed by atoms with E-state index in [0.717, 1.165) is 57.1 Å². The summed E-state index contributed by atoms with van der Waals surface area (Å²) in [6, 6.07) is 15.6. The van der Waals surface area contributed by atoms with E-state index in [2.05, 4.69) is 51.9 Å². The molecule has 0 radical (unpaired) electrons. The topological polar surface area (TPSA) is 62.8 Å².